The number of carbonyl (C=O) groups is 1. The molecule has 0 bridgehead atoms. The molecule has 0 saturated carbocycles. The first-order valence-corrected chi connectivity index (χ1v) is 5.36. The van der Waals surface area contributed by atoms with E-state index in [0.29, 0.717) is 24.5 Å². The molecule has 0 aliphatic heterocycles. The Bertz CT molecular complexity index is 335. The molecule has 0 aliphatic rings. The number of carbonyl (C=O) groups excluding carboxylic acids is 1. The number of benzene rings is 1. The number of nitrogen functional groups attached to an aromatic ring is 1. The minimum Gasteiger partial charge on any atom is -0.479 e. The summed E-state index contributed by atoms with van der Waals surface area (Å²) in [4.78, 5) is 11.5. The third-order valence-corrected chi connectivity index (χ3v) is 2.08. The first kappa shape index (κ1) is 12.4. The quantitative estimate of drug-likeness (QED) is 0.612. The molecule has 0 fully saturated rings. The topological polar surface area (TPSA) is 61.5 Å². The van der Waals surface area contributed by atoms with Gasteiger partial charge < -0.3 is 15.2 Å². The molecule has 0 unspecified atom stereocenters. The molecule has 1 aromatic carbocycles. The minimum absolute atomic E-state index is 0.332. The van der Waals surface area contributed by atoms with Gasteiger partial charge in [0.25, 0.3) is 0 Å². The van der Waals surface area contributed by atoms with E-state index >= 15 is 0 Å². The molecule has 0 amide bonds. The van der Waals surface area contributed by atoms with Crippen molar-refractivity contribution in [2.75, 3.05) is 12.3 Å². The molecule has 1 rings (SSSR count). The highest BCUT2D eigenvalue weighted by Crippen LogP contribution is 2.16. The van der Waals surface area contributed by atoms with Crippen LogP contribution in [0.1, 0.15) is 20.3 Å². The second kappa shape index (κ2) is 6.00. The third-order valence-electron chi connectivity index (χ3n) is 2.08. The van der Waals surface area contributed by atoms with E-state index in [1.54, 1.807) is 31.2 Å². The summed E-state index contributed by atoms with van der Waals surface area (Å²) in [6, 6.07) is 6.93. The van der Waals surface area contributed by atoms with Gasteiger partial charge in [0, 0.05) is 5.69 Å². The molecular weight excluding hydrogens is 206 g/mol. The maximum atomic E-state index is 11.5. The van der Waals surface area contributed by atoms with Gasteiger partial charge in [-0.3, -0.25) is 0 Å². The largest absolute Gasteiger partial charge is 0.479 e. The lowest BCUT2D eigenvalue weighted by molar-refractivity contribution is -0.151. The average Bonchev–Trinajstić information content (AvgIpc) is 2.28. The van der Waals surface area contributed by atoms with Gasteiger partial charge in [0.1, 0.15) is 5.75 Å². The summed E-state index contributed by atoms with van der Waals surface area (Å²) in [7, 11) is 0. The Hall–Kier alpha value is -1.71. The minimum atomic E-state index is -0.552. The fourth-order valence-corrected chi connectivity index (χ4v) is 1.24. The van der Waals surface area contributed by atoms with E-state index in [1.165, 1.54) is 0 Å². The highest BCUT2D eigenvalue weighted by molar-refractivity contribution is 5.75. The first-order chi connectivity index (χ1) is 7.67. The lowest BCUT2D eigenvalue weighted by Gasteiger charge is -2.15. The SMILES string of the molecule is CCOC(=O)[C@H](CC)Oc1ccc(N)cc1. The second-order valence-electron chi connectivity index (χ2n) is 3.34. The van der Waals surface area contributed by atoms with Crippen molar-refractivity contribution < 1.29 is 14.3 Å². The molecular formula is C12H17NO3. The van der Waals surface area contributed by atoms with E-state index in [9.17, 15) is 4.79 Å². The zero-order chi connectivity index (χ0) is 12.0. The maximum Gasteiger partial charge on any atom is 0.347 e. The van der Waals surface area contributed by atoms with Crippen LogP contribution in [0.2, 0.25) is 0 Å². The van der Waals surface area contributed by atoms with Crippen molar-refractivity contribution in [2.45, 2.75) is 26.4 Å². The van der Waals surface area contributed by atoms with E-state index in [1.807, 2.05) is 6.92 Å². The zero-order valence-electron chi connectivity index (χ0n) is 9.60. The highest BCUT2D eigenvalue weighted by atomic mass is 16.6. The summed E-state index contributed by atoms with van der Waals surface area (Å²) in [5.74, 6) is 0.288. The Morgan fingerprint density at radius 3 is 2.44 bits per heavy atom. The Balaban J connectivity index is 2.62. The summed E-state index contributed by atoms with van der Waals surface area (Å²) in [6.45, 7) is 4.01. The predicted molar refractivity (Wildman–Crippen MR) is 62.2 cm³/mol. The highest BCUT2D eigenvalue weighted by Gasteiger charge is 2.19. The number of hydrogen-bond donors (Lipinski definition) is 1. The van der Waals surface area contributed by atoms with Crippen LogP contribution in [0, 0.1) is 0 Å². The van der Waals surface area contributed by atoms with Gasteiger partial charge in [-0.15, -0.1) is 0 Å². The smallest absolute Gasteiger partial charge is 0.347 e. The number of ether oxygens (including phenoxy) is 2. The molecule has 0 aromatic heterocycles. The molecule has 4 nitrogen and oxygen atoms in total. The number of hydrogen-bond acceptors (Lipinski definition) is 4. The van der Waals surface area contributed by atoms with E-state index < -0.39 is 6.10 Å². The van der Waals surface area contributed by atoms with Crippen LogP contribution in [0.25, 0.3) is 0 Å². The van der Waals surface area contributed by atoms with Crippen LogP contribution < -0.4 is 10.5 Å². The molecule has 2 N–H and O–H groups in total. The van der Waals surface area contributed by atoms with Crippen LogP contribution in [0.5, 0.6) is 5.75 Å². The molecule has 0 aliphatic carbocycles. The zero-order valence-corrected chi connectivity index (χ0v) is 9.60. The van der Waals surface area contributed by atoms with E-state index in [4.69, 9.17) is 15.2 Å². The number of rotatable bonds is 5. The second-order valence-corrected chi connectivity index (χ2v) is 3.34. The Labute approximate surface area is 95.3 Å². The summed E-state index contributed by atoms with van der Waals surface area (Å²) >= 11 is 0. The van der Waals surface area contributed by atoms with Gasteiger partial charge in [-0.25, -0.2) is 4.79 Å². The van der Waals surface area contributed by atoms with E-state index in [0.717, 1.165) is 0 Å². The van der Waals surface area contributed by atoms with Crippen LogP contribution in [-0.2, 0) is 9.53 Å². The number of esters is 1. The lowest BCUT2D eigenvalue weighted by atomic mass is 10.2. The van der Waals surface area contributed by atoms with Crippen molar-refractivity contribution >= 4 is 11.7 Å². The Morgan fingerprint density at radius 2 is 1.94 bits per heavy atom. The molecule has 16 heavy (non-hydrogen) atoms. The normalized spacial score (nSPS) is 11.9. The van der Waals surface area contributed by atoms with Crippen molar-refractivity contribution in [2.24, 2.45) is 0 Å². The maximum absolute atomic E-state index is 11.5. The third kappa shape index (κ3) is 3.46. The summed E-state index contributed by atoms with van der Waals surface area (Å²) < 4.78 is 10.4. The van der Waals surface area contributed by atoms with Crippen LogP contribution in [-0.4, -0.2) is 18.7 Å². The number of anilines is 1. The molecule has 0 heterocycles. The van der Waals surface area contributed by atoms with Gasteiger partial charge in [-0.1, -0.05) is 6.92 Å². The fourth-order valence-electron chi connectivity index (χ4n) is 1.24. The summed E-state index contributed by atoms with van der Waals surface area (Å²) in [5.41, 5.74) is 6.21. The fraction of sp³-hybridized carbons (Fsp3) is 0.417. The van der Waals surface area contributed by atoms with Crippen LogP contribution >= 0.6 is 0 Å². The molecule has 88 valence electrons. The Kier molecular flexibility index (Phi) is 4.64. The van der Waals surface area contributed by atoms with Gasteiger partial charge in [0.2, 0.25) is 0 Å². The van der Waals surface area contributed by atoms with Crippen LogP contribution in [0.15, 0.2) is 24.3 Å². The lowest BCUT2D eigenvalue weighted by Crippen LogP contribution is -2.28. The molecule has 0 saturated heterocycles. The van der Waals surface area contributed by atoms with Crippen LogP contribution in [0.3, 0.4) is 0 Å². The van der Waals surface area contributed by atoms with Gasteiger partial charge in [0.15, 0.2) is 6.10 Å². The number of nitrogens with two attached hydrogens (primary N) is 1. The van der Waals surface area contributed by atoms with Crippen molar-refractivity contribution in [3.63, 3.8) is 0 Å². The molecule has 0 radical (unpaired) electrons. The molecule has 4 heteroatoms. The van der Waals surface area contributed by atoms with E-state index in [2.05, 4.69) is 0 Å². The van der Waals surface area contributed by atoms with Gasteiger partial charge in [0.05, 0.1) is 6.61 Å². The summed E-state index contributed by atoms with van der Waals surface area (Å²) in [6.07, 6.45) is 0.0204. The van der Waals surface area contributed by atoms with Crippen molar-refractivity contribution in [1.29, 1.82) is 0 Å². The average molecular weight is 223 g/mol. The molecule has 1 aromatic rings. The van der Waals surface area contributed by atoms with Crippen molar-refractivity contribution in [3.05, 3.63) is 24.3 Å². The van der Waals surface area contributed by atoms with Gasteiger partial charge in [-0.2, -0.15) is 0 Å². The predicted octanol–water partition coefficient (Wildman–Crippen LogP) is 1.99. The van der Waals surface area contributed by atoms with Gasteiger partial charge >= 0.3 is 5.97 Å². The van der Waals surface area contributed by atoms with Crippen molar-refractivity contribution in [3.8, 4) is 5.75 Å². The van der Waals surface area contributed by atoms with Crippen LogP contribution in [0.4, 0.5) is 5.69 Å². The first-order valence-electron chi connectivity index (χ1n) is 5.36. The van der Waals surface area contributed by atoms with Gasteiger partial charge in [-0.05, 0) is 37.6 Å². The molecule has 0 spiro atoms. The Morgan fingerprint density at radius 1 is 1.31 bits per heavy atom. The standard InChI is InChI=1S/C12H17NO3/c1-3-11(12(14)15-4-2)16-10-7-5-9(13)6-8-10/h5-8,11H,3-4,13H2,1-2H3/t11-/m0/s1. The van der Waals surface area contributed by atoms with E-state index in [-0.39, 0.29) is 5.97 Å². The summed E-state index contributed by atoms with van der Waals surface area (Å²) in [5, 5.41) is 0. The monoisotopic (exact) mass is 223 g/mol. The molecule has 1 atom stereocenters. The van der Waals surface area contributed by atoms with Crippen molar-refractivity contribution in [1.82, 2.24) is 0 Å².